The zero-order valence-electron chi connectivity index (χ0n) is 19.3. The quantitative estimate of drug-likeness (QED) is 0.374. The van der Waals surface area contributed by atoms with Gasteiger partial charge in [0.25, 0.3) is 5.91 Å². The molecular weight excluding hydrogens is 474 g/mol. The largest absolute Gasteiger partial charge is 0.309 e. The molecule has 2 aromatic heterocycles. The van der Waals surface area contributed by atoms with Gasteiger partial charge in [-0.05, 0) is 36.2 Å². The Morgan fingerprint density at radius 3 is 2.28 bits per heavy atom. The number of nitrogens with one attached hydrogen (secondary N) is 1. The van der Waals surface area contributed by atoms with E-state index in [2.05, 4.69) is 16.4 Å². The lowest BCUT2D eigenvalue weighted by Gasteiger charge is -2.13. The first-order chi connectivity index (χ1) is 17.4. The van der Waals surface area contributed by atoms with E-state index in [1.165, 1.54) is 12.1 Å². The SMILES string of the molecule is CS(=O)(=O)c1ccccc1C(=O)Nc1c(C#N)c2nc3ccccc3nc2n1CCc1ccccc1. The van der Waals surface area contributed by atoms with Gasteiger partial charge in [0.15, 0.2) is 15.5 Å². The molecule has 1 N–H and O–H groups in total. The molecule has 0 bridgehead atoms. The van der Waals surface area contributed by atoms with Gasteiger partial charge in [-0.2, -0.15) is 5.26 Å². The lowest BCUT2D eigenvalue weighted by molar-refractivity contribution is 0.102. The lowest BCUT2D eigenvalue weighted by Crippen LogP contribution is -2.19. The van der Waals surface area contributed by atoms with Gasteiger partial charge in [-0.25, -0.2) is 18.4 Å². The van der Waals surface area contributed by atoms with Gasteiger partial charge in [0, 0.05) is 12.8 Å². The Balaban J connectivity index is 1.67. The topological polar surface area (TPSA) is 118 Å². The number of fused-ring (bicyclic) bond motifs is 2. The number of amides is 1. The van der Waals surface area contributed by atoms with Crippen molar-refractivity contribution in [1.29, 1.82) is 5.26 Å². The van der Waals surface area contributed by atoms with E-state index in [0.29, 0.717) is 35.2 Å². The predicted octanol–water partition coefficient (Wildman–Crippen LogP) is 4.35. The maximum absolute atomic E-state index is 13.3. The van der Waals surface area contributed by atoms with E-state index < -0.39 is 15.7 Å². The number of nitrogens with zero attached hydrogens (tertiary/aromatic N) is 4. The molecule has 2 heterocycles. The van der Waals surface area contributed by atoms with Crippen LogP contribution in [0.15, 0.2) is 83.8 Å². The van der Waals surface area contributed by atoms with Gasteiger partial charge in [0.05, 0.1) is 21.5 Å². The number of benzene rings is 3. The monoisotopic (exact) mass is 495 g/mol. The first kappa shape index (κ1) is 23.2. The van der Waals surface area contributed by atoms with Crippen LogP contribution in [-0.2, 0) is 22.8 Å². The van der Waals surface area contributed by atoms with E-state index in [0.717, 1.165) is 11.8 Å². The molecule has 0 radical (unpaired) electrons. The van der Waals surface area contributed by atoms with Crippen LogP contribution in [0.4, 0.5) is 5.82 Å². The Bertz CT molecular complexity index is 1770. The van der Waals surface area contributed by atoms with Gasteiger partial charge in [0.1, 0.15) is 23.0 Å². The molecule has 5 aromatic rings. The third kappa shape index (κ3) is 4.30. The molecule has 0 atom stereocenters. The molecule has 1 amide bonds. The number of aromatic nitrogens is 3. The third-order valence-electron chi connectivity index (χ3n) is 5.89. The summed E-state index contributed by atoms with van der Waals surface area (Å²) in [4.78, 5) is 22.7. The molecule has 0 unspecified atom stereocenters. The highest BCUT2D eigenvalue weighted by Gasteiger charge is 2.25. The predicted molar refractivity (Wildman–Crippen MR) is 137 cm³/mol. The molecule has 5 rings (SSSR count). The van der Waals surface area contributed by atoms with Crippen molar-refractivity contribution in [2.45, 2.75) is 17.9 Å². The fraction of sp³-hybridized carbons (Fsp3) is 0.111. The van der Waals surface area contributed by atoms with Gasteiger partial charge in [-0.1, -0.05) is 54.6 Å². The van der Waals surface area contributed by atoms with E-state index >= 15 is 0 Å². The first-order valence-corrected chi connectivity index (χ1v) is 13.1. The summed E-state index contributed by atoms with van der Waals surface area (Å²) in [6.07, 6.45) is 1.67. The number of nitriles is 1. The van der Waals surface area contributed by atoms with Gasteiger partial charge >= 0.3 is 0 Å². The number of para-hydroxylation sites is 2. The summed E-state index contributed by atoms with van der Waals surface area (Å²) in [5.74, 6) is -0.409. The molecule has 178 valence electrons. The smallest absolute Gasteiger partial charge is 0.258 e. The zero-order chi connectivity index (χ0) is 25.3. The van der Waals surface area contributed by atoms with Crippen LogP contribution < -0.4 is 5.32 Å². The van der Waals surface area contributed by atoms with Crippen molar-refractivity contribution in [3.05, 3.63) is 95.6 Å². The average Bonchev–Trinajstić information content (AvgIpc) is 3.17. The van der Waals surface area contributed by atoms with Crippen molar-refractivity contribution in [3.63, 3.8) is 0 Å². The summed E-state index contributed by atoms with van der Waals surface area (Å²) in [7, 11) is -3.65. The second-order valence-electron chi connectivity index (χ2n) is 8.33. The standard InChI is InChI=1S/C27H21N5O3S/c1-36(34,35)23-14-8-5-11-19(23)27(33)31-25-20(17-28)24-26(30-22-13-7-6-12-21(22)29-24)32(25)16-15-18-9-3-2-4-10-18/h2-14H,15-16H2,1H3,(H,31,33). The molecule has 0 aliphatic rings. The summed E-state index contributed by atoms with van der Waals surface area (Å²) in [5.41, 5.74) is 3.36. The Morgan fingerprint density at radius 2 is 1.58 bits per heavy atom. The first-order valence-electron chi connectivity index (χ1n) is 11.2. The van der Waals surface area contributed by atoms with E-state index in [1.54, 1.807) is 16.7 Å². The number of aryl methyl sites for hydroxylation is 2. The van der Waals surface area contributed by atoms with Crippen molar-refractivity contribution in [3.8, 4) is 6.07 Å². The van der Waals surface area contributed by atoms with Crippen LogP contribution in [0, 0.1) is 11.3 Å². The second-order valence-corrected chi connectivity index (χ2v) is 10.3. The molecule has 0 aliphatic heterocycles. The van der Waals surface area contributed by atoms with Crippen LogP contribution in [0.25, 0.3) is 22.2 Å². The van der Waals surface area contributed by atoms with E-state index in [1.807, 2.05) is 54.6 Å². The van der Waals surface area contributed by atoms with Crippen LogP contribution in [0.3, 0.4) is 0 Å². The minimum Gasteiger partial charge on any atom is -0.309 e. The average molecular weight is 496 g/mol. The minimum absolute atomic E-state index is 0.00478. The maximum atomic E-state index is 13.3. The van der Waals surface area contributed by atoms with Crippen molar-refractivity contribution >= 4 is 43.8 Å². The van der Waals surface area contributed by atoms with Crippen molar-refractivity contribution < 1.29 is 13.2 Å². The summed E-state index contributed by atoms with van der Waals surface area (Å²) in [6, 6.07) is 25.3. The molecule has 3 aromatic carbocycles. The van der Waals surface area contributed by atoms with Gasteiger partial charge < -0.3 is 9.88 Å². The number of sulfone groups is 1. The maximum Gasteiger partial charge on any atom is 0.258 e. The minimum atomic E-state index is -3.65. The van der Waals surface area contributed by atoms with Crippen LogP contribution in [0.1, 0.15) is 21.5 Å². The third-order valence-corrected chi connectivity index (χ3v) is 7.05. The number of carbonyl (C=O) groups excluding carboxylic acids is 1. The number of anilines is 1. The highest BCUT2D eigenvalue weighted by Crippen LogP contribution is 2.30. The molecule has 0 fully saturated rings. The second kappa shape index (κ2) is 9.24. The number of hydrogen-bond donors (Lipinski definition) is 1. The number of carbonyl (C=O) groups is 1. The number of hydrogen-bond acceptors (Lipinski definition) is 6. The summed E-state index contributed by atoms with van der Waals surface area (Å²) >= 11 is 0. The Hall–Kier alpha value is -4.55. The molecule has 8 nitrogen and oxygen atoms in total. The van der Waals surface area contributed by atoms with Crippen LogP contribution in [-0.4, -0.2) is 35.1 Å². The zero-order valence-corrected chi connectivity index (χ0v) is 20.2. The molecule has 36 heavy (non-hydrogen) atoms. The number of rotatable bonds is 6. The molecule has 0 saturated carbocycles. The van der Waals surface area contributed by atoms with Crippen molar-refractivity contribution in [2.24, 2.45) is 0 Å². The van der Waals surface area contributed by atoms with E-state index in [4.69, 9.17) is 4.98 Å². The summed E-state index contributed by atoms with van der Waals surface area (Å²) in [5, 5.41) is 12.9. The van der Waals surface area contributed by atoms with Gasteiger partial charge in [-0.15, -0.1) is 0 Å². The molecular formula is C27H21N5O3S. The molecule has 0 spiro atoms. The van der Waals surface area contributed by atoms with Gasteiger partial charge in [0.2, 0.25) is 0 Å². The van der Waals surface area contributed by atoms with Gasteiger partial charge in [-0.3, -0.25) is 4.79 Å². The van der Waals surface area contributed by atoms with Crippen molar-refractivity contribution in [1.82, 2.24) is 14.5 Å². The summed E-state index contributed by atoms with van der Waals surface area (Å²) in [6.45, 7) is 0.415. The van der Waals surface area contributed by atoms with Crippen LogP contribution in [0.5, 0.6) is 0 Å². The van der Waals surface area contributed by atoms with E-state index in [9.17, 15) is 18.5 Å². The molecule has 0 saturated heterocycles. The Labute approximate surface area is 207 Å². The van der Waals surface area contributed by atoms with Crippen molar-refractivity contribution in [2.75, 3.05) is 11.6 Å². The Morgan fingerprint density at radius 1 is 0.944 bits per heavy atom. The Kier molecular flexibility index (Phi) is 5.96. The fourth-order valence-electron chi connectivity index (χ4n) is 4.19. The van der Waals surface area contributed by atoms with Crippen LogP contribution in [0.2, 0.25) is 0 Å². The van der Waals surface area contributed by atoms with E-state index in [-0.39, 0.29) is 21.8 Å². The summed E-state index contributed by atoms with van der Waals surface area (Å²) < 4.78 is 26.3. The molecule has 9 heteroatoms. The molecule has 0 aliphatic carbocycles. The fourth-order valence-corrected chi connectivity index (χ4v) is 5.08. The highest BCUT2D eigenvalue weighted by molar-refractivity contribution is 7.90. The normalized spacial score (nSPS) is 11.4. The highest BCUT2D eigenvalue weighted by atomic mass is 32.2. The lowest BCUT2D eigenvalue weighted by atomic mass is 10.1. The van der Waals surface area contributed by atoms with Crippen LogP contribution >= 0.6 is 0 Å².